The zero-order valence-electron chi connectivity index (χ0n) is 19.7. The van der Waals surface area contributed by atoms with E-state index >= 15 is 0 Å². The molecule has 37 heavy (non-hydrogen) atoms. The number of pyridine rings is 1. The molecular formula is C24H20F4N8O. The van der Waals surface area contributed by atoms with Crippen molar-refractivity contribution >= 4 is 27.6 Å². The molecule has 0 bridgehead atoms. The van der Waals surface area contributed by atoms with Crippen LogP contribution >= 0.6 is 0 Å². The van der Waals surface area contributed by atoms with Crippen LogP contribution in [0.4, 0.5) is 23.2 Å². The number of benzene rings is 1. The Bertz CT molecular complexity index is 1660. The zero-order valence-corrected chi connectivity index (χ0v) is 19.7. The molecule has 0 saturated carbocycles. The summed E-state index contributed by atoms with van der Waals surface area (Å²) in [6, 6.07) is 2.82. The predicted octanol–water partition coefficient (Wildman–Crippen LogP) is 4.56. The Labute approximate surface area is 206 Å². The number of nitrogens with one attached hydrogen (secondary N) is 3. The Morgan fingerprint density at radius 1 is 1.11 bits per heavy atom. The number of methoxy groups -OCH3 is 1. The molecule has 0 spiro atoms. The van der Waals surface area contributed by atoms with Crippen molar-refractivity contribution in [2.75, 3.05) is 19.0 Å². The number of aromatic nitrogens is 6. The molecule has 4 aromatic heterocycles. The van der Waals surface area contributed by atoms with Gasteiger partial charge in [0.15, 0.2) is 5.69 Å². The second-order valence-corrected chi connectivity index (χ2v) is 8.52. The molecule has 0 radical (unpaired) electrons. The SMILES string of the molecule is CCNc1cc(F)cc2c1[nH]c1ncc(-c3cnc(OC)nc3)c(-n3nc(C(F)(F)F)c4c3CNC4)c12. The van der Waals surface area contributed by atoms with Crippen LogP contribution in [0.15, 0.2) is 30.7 Å². The van der Waals surface area contributed by atoms with Crippen molar-refractivity contribution in [2.24, 2.45) is 0 Å². The van der Waals surface area contributed by atoms with Gasteiger partial charge in [-0.3, -0.25) is 0 Å². The minimum atomic E-state index is -4.65. The fourth-order valence-corrected chi connectivity index (χ4v) is 4.80. The second-order valence-electron chi connectivity index (χ2n) is 8.52. The van der Waals surface area contributed by atoms with Gasteiger partial charge in [-0.1, -0.05) is 0 Å². The van der Waals surface area contributed by atoms with Crippen molar-refractivity contribution in [2.45, 2.75) is 26.2 Å². The summed E-state index contributed by atoms with van der Waals surface area (Å²) in [5.74, 6) is -0.503. The largest absolute Gasteiger partial charge is 0.467 e. The van der Waals surface area contributed by atoms with Crippen molar-refractivity contribution in [1.82, 2.24) is 35.0 Å². The average molecular weight is 512 g/mol. The van der Waals surface area contributed by atoms with E-state index in [1.807, 2.05) is 6.92 Å². The summed E-state index contributed by atoms with van der Waals surface area (Å²) in [6.07, 6.45) is -0.152. The minimum Gasteiger partial charge on any atom is -0.467 e. The maximum atomic E-state index is 14.8. The minimum absolute atomic E-state index is 0.0342. The predicted molar refractivity (Wildman–Crippen MR) is 128 cm³/mol. The lowest BCUT2D eigenvalue weighted by atomic mass is 10.0. The number of hydrogen-bond acceptors (Lipinski definition) is 7. The molecule has 5 aromatic rings. The zero-order chi connectivity index (χ0) is 25.9. The van der Waals surface area contributed by atoms with Gasteiger partial charge in [0.1, 0.15) is 11.5 Å². The van der Waals surface area contributed by atoms with Crippen molar-refractivity contribution in [3.63, 3.8) is 0 Å². The maximum Gasteiger partial charge on any atom is 0.435 e. The summed E-state index contributed by atoms with van der Waals surface area (Å²) in [4.78, 5) is 16.0. The van der Waals surface area contributed by atoms with Crippen LogP contribution < -0.4 is 15.4 Å². The smallest absolute Gasteiger partial charge is 0.435 e. The van der Waals surface area contributed by atoms with Crippen LogP contribution in [-0.2, 0) is 19.3 Å². The lowest BCUT2D eigenvalue weighted by Gasteiger charge is -2.14. The van der Waals surface area contributed by atoms with Crippen LogP contribution in [0.3, 0.4) is 0 Å². The topological polar surface area (TPSA) is 106 Å². The normalized spacial score (nSPS) is 13.5. The molecule has 1 aliphatic rings. The molecule has 0 unspecified atom stereocenters. The number of fused-ring (bicyclic) bond motifs is 4. The summed E-state index contributed by atoms with van der Waals surface area (Å²) in [5.41, 5.74) is 2.16. The third-order valence-corrected chi connectivity index (χ3v) is 6.32. The van der Waals surface area contributed by atoms with Crippen molar-refractivity contribution in [3.05, 3.63) is 53.5 Å². The molecule has 190 valence electrons. The Morgan fingerprint density at radius 2 is 1.89 bits per heavy atom. The molecule has 0 fully saturated rings. The number of anilines is 1. The standard InChI is InChI=1S/C24H20F4N8O/c1-3-30-16-5-12(25)4-13-18-20(36-17-10-29-8-15(17)21(35-36)24(26,27)28)14(9-31-22(18)34-19(13)16)11-6-32-23(37-2)33-7-11/h4-7,9,29-30H,3,8,10H2,1-2H3,(H,31,34). The lowest BCUT2D eigenvalue weighted by Crippen LogP contribution is -2.14. The van der Waals surface area contributed by atoms with Crippen molar-refractivity contribution in [3.8, 4) is 22.8 Å². The van der Waals surface area contributed by atoms with Crippen LogP contribution in [0.1, 0.15) is 23.9 Å². The molecule has 0 aliphatic carbocycles. The summed E-state index contributed by atoms with van der Waals surface area (Å²) >= 11 is 0. The summed E-state index contributed by atoms with van der Waals surface area (Å²) in [7, 11) is 1.43. The monoisotopic (exact) mass is 512 g/mol. The van der Waals surface area contributed by atoms with Gasteiger partial charge in [-0.15, -0.1) is 0 Å². The number of halogens is 4. The van der Waals surface area contributed by atoms with Crippen LogP contribution in [0.5, 0.6) is 6.01 Å². The molecule has 3 N–H and O–H groups in total. The van der Waals surface area contributed by atoms with E-state index < -0.39 is 17.7 Å². The Hall–Kier alpha value is -4.26. The highest BCUT2D eigenvalue weighted by molar-refractivity contribution is 6.15. The van der Waals surface area contributed by atoms with Gasteiger partial charge in [0, 0.05) is 60.3 Å². The molecule has 1 aliphatic heterocycles. The van der Waals surface area contributed by atoms with E-state index in [0.29, 0.717) is 56.7 Å². The first-order chi connectivity index (χ1) is 17.8. The number of hydrogen-bond donors (Lipinski definition) is 3. The molecule has 0 saturated heterocycles. The number of alkyl halides is 3. The maximum absolute atomic E-state index is 14.8. The Morgan fingerprint density at radius 3 is 2.59 bits per heavy atom. The van der Waals surface area contributed by atoms with Gasteiger partial charge < -0.3 is 20.4 Å². The van der Waals surface area contributed by atoms with E-state index in [9.17, 15) is 17.6 Å². The van der Waals surface area contributed by atoms with E-state index in [1.165, 1.54) is 42.5 Å². The first kappa shape index (κ1) is 23.2. The molecule has 6 rings (SSSR count). The highest BCUT2D eigenvalue weighted by Crippen LogP contribution is 2.42. The van der Waals surface area contributed by atoms with Gasteiger partial charge in [0.25, 0.3) is 0 Å². The molecule has 9 nitrogen and oxygen atoms in total. The van der Waals surface area contributed by atoms with Gasteiger partial charge in [0.2, 0.25) is 0 Å². The number of H-pyrrole nitrogens is 1. The van der Waals surface area contributed by atoms with E-state index in [4.69, 9.17) is 4.74 Å². The highest BCUT2D eigenvalue weighted by Gasteiger charge is 2.41. The van der Waals surface area contributed by atoms with Gasteiger partial charge >= 0.3 is 12.2 Å². The van der Waals surface area contributed by atoms with Gasteiger partial charge in [-0.2, -0.15) is 18.3 Å². The number of nitrogens with zero attached hydrogens (tertiary/aromatic N) is 5. The van der Waals surface area contributed by atoms with Crippen LogP contribution in [0.25, 0.3) is 38.8 Å². The fourth-order valence-electron chi connectivity index (χ4n) is 4.80. The van der Waals surface area contributed by atoms with Gasteiger partial charge in [0.05, 0.1) is 35.1 Å². The Kier molecular flexibility index (Phi) is 5.26. The van der Waals surface area contributed by atoms with Gasteiger partial charge in [-0.25, -0.2) is 24.0 Å². The Balaban J connectivity index is 1.74. The van der Waals surface area contributed by atoms with E-state index in [0.717, 1.165) is 0 Å². The summed E-state index contributed by atoms with van der Waals surface area (Å²) in [5, 5.41) is 11.0. The third-order valence-electron chi connectivity index (χ3n) is 6.32. The number of rotatable bonds is 5. The van der Waals surface area contributed by atoms with Gasteiger partial charge in [-0.05, 0) is 19.1 Å². The molecule has 1 aromatic carbocycles. The first-order valence-corrected chi connectivity index (χ1v) is 11.4. The van der Waals surface area contributed by atoms with Crippen LogP contribution in [-0.4, -0.2) is 43.4 Å². The second kappa shape index (κ2) is 8.40. The highest BCUT2D eigenvalue weighted by atomic mass is 19.4. The average Bonchev–Trinajstić information content (AvgIpc) is 3.57. The summed E-state index contributed by atoms with van der Waals surface area (Å²) in [6.45, 7) is 2.63. The molecular weight excluding hydrogens is 492 g/mol. The quantitative estimate of drug-likeness (QED) is 0.297. The lowest BCUT2D eigenvalue weighted by molar-refractivity contribution is -0.142. The van der Waals surface area contributed by atoms with Crippen LogP contribution in [0, 0.1) is 5.82 Å². The molecule has 5 heterocycles. The van der Waals surface area contributed by atoms with Crippen molar-refractivity contribution < 1.29 is 22.3 Å². The number of aromatic amines is 1. The fraction of sp³-hybridized carbons (Fsp3) is 0.250. The van der Waals surface area contributed by atoms with Crippen LogP contribution in [0.2, 0.25) is 0 Å². The van der Waals surface area contributed by atoms with Crippen molar-refractivity contribution in [1.29, 1.82) is 0 Å². The first-order valence-electron chi connectivity index (χ1n) is 11.4. The third kappa shape index (κ3) is 3.65. The van der Waals surface area contributed by atoms with E-state index in [2.05, 4.69) is 35.7 Å². The van der Waals surface area contributed by atoms with E-state index in [1.54, 1.807) is 0 Å². The number of ether oxygens (including phenoxy) is 1. The molecule has 0 amide bonds. The summed E-state index contributed by atoms with van der Waals surface area (Å²) < 4.78 is 63.0. The molecule has 13 heteroatoms. The van der Waals surface area contributed by atoms with E-state index in [-0.39, 0.29) is 24.7 Å². The molecule has 0 atom stereocenters.